The maximum atomic E-state index is 9.92. The van der Waals surface area contributed by atoms with Crippen molar-refractivity contribution in [1.29, 1.82) is 0 Å². The van der Waals surface area contributed by atoms with Gasteiger partial charge in [0.25, 0.3) is 0 Å². The van der Waals surface area contributed by atoms with Crippen molar-refractivity contribution in [2.45, 2.75) is 70.5 Å². The van der Waals surface area contributed by atoms with E-state index in [4.69, 9.17) is 4.43 Å². The Morgan fingerprint density at radius 1 is 1.30 bits per heavy atom. The van der Waals surface area contributed by atoms with Gasteiger partial charge >= 0.3 is 124 Å². The minimum absolute atomic E-state index is 0.147. The molecule has 0 bridgehead atoms. The summed E-state index contributed by atoms with van der Waals surface area (Å²) >= 11 is 0. The second kappa shape index (κ2) is 8.17. The molecule has 0 fully saturated rings. The summed E-state index contributed by atoms with van der Waals surface area (Å²) in [5, 5.41) is 27.2. The summed E-state index contributed by atoms with van der Waals surface area (Å²) in [4.78, 5) is 0. The molecule has 0 aliphatic carbocycles. The summed E-state index contributed by atoms with van der Waals surface area (Å²) in [6, 6.07) is -0.474. The van der Waals surface area contributed by atoms with Gasteiger partial charge in [-0.2, -0.15) is 0 Å². The summed E-state index contributed by atoms with van der Waals surface area (Å²) in [5.74, 6) is 0. The molecule has 5 nitrogen and oxygen atoms in total. The van der Waals surface area contributed by atoms with Crippen molar-refractivity contribution in [1.82, 2.24) is 0 Å². The molecule has 0 rings (SSSR count). The first-order chi connectivity index (χ1) is 9.03. The fourth-order valence-electron chi connectivity index (χ4n) is 1.40. The van der Waals surface area contributed by atoms with E-state index >= 15 is 0 Å². The van der Waals surface area contributed by atoms with Crippen molar-refractivity contribution in [3.8, 4) is 0 Å². The first kappa shape index (κ1) is 19.6. The number of hydrogen-bond acceptors (Lipinski definition) is 5. The normalized spacial score (nSPS) is 17.8. The van der Waals surface area contributed by atoms with Gasteiger partial charge in [0, 0.05) is 0 Å². The summed E-state index contributed by atoms with van der Waals surface area (Å²) in [6.07, 6.45) is -1.27. The average Bonchev–Trinajstić information content (AvgIpc) is 2.30. The second-order valence-electron chi connectivity index (χ2n) is 6.61. The molecule has 0 saturated heterocycles. The summed E-state index contributed by atoms with van der Waals surface area (Å²) in [6.45, 7) is 16.4. The van der Waals surface area contributed by atoms with E-state index in [1.807, 2.05) is 0 Å². The van der Waals surface area contributed by atoms with E-state index in [1.54, 1.807) is 0 Å². The summed E-state index contributed by atoms with van der Waals surface area (Å²) in [5.41, 5.74) is 0. The van der Waals surface area contributed by atoms with Crippen LogP contribution in [0.25, 0.3) is 0 Å². The Labute approximate surface area is 124 Å². The van der Waals surface area contributed by atoms with Gasteiger partial charge in [-0.25, -0.2) is 0 Å². The van der Waals surface area contributed by atoms with E-state index in [2.05, 4.69) is 50.5 Å². The van der Waals surface area contributed by atoms with Crippen molar-refractivity contribution >= 4 is 21.8 Å². The molecule has 0 aromatic heterocycles. The molecule has 0 unspecified atom stereocenters. The third-order valence-corrected chi connectivity index (χ3v) is 8.41. The molecule has 0 aromatic carbocycles. The number of nitrogens with zero attached hydrogens (tertiary/aromatic N) is 2. The van der Waals surface area contributed by atoms with E-state index in [0.29, 0.717) is 13.0 Å². The van der Waals surface area contributed by atoms with Crippen LogP contribution in [0, 0.1) is 0 Å². The Hall–Kier alpha value is -0.368. The van der Waals surface area contributed by atoms with Crippen molar-refractivity contribution in [2.24, 2.45) is 10.1 Å². The molecule has 0 amide bonds. The van der Waals surface area contributed by atoms with Gasteiger partial charge in [0.15, 0.2) is 0 Å². The van der Waals surface area contributed by atoms with Gasteiger partial charge in [0.05, 0.1) is 0 Å². The van der Waals surface area contributed by atoms with Gasteiger partial charge in [-0.3, -0.25) is 0 Å². The van der Waals surface area contributed by atoms with E-state index in [-0.39, 0.29) is 5.04 Å². The van der Waals surface area contributed by atoms with Crippen LogP contribution >= 0.6 is 0 Å². The van der Waals surface area contributed by atoms with E-state index < -0.39 is 26.6 Å². The monoisotopic (exact) mass is 300 g/mol. The first-order valence-corrected chi connectivity index (χ1v) is 9.94. The van der Waals surface area contributed by atoms with Crippen LogP contribution in [0.2, 0.25) is 18.1 Å². The maximum absolute atomic E-state index is 9.92. The van der Waals surface area contributed by atoms with Gasteiger partial charge in [-0.05, 0) is 0 Å². The van der Waals surface area contributed by atoms with Gasteiger partial charge in [-0.1, -0.05) is 0 Å². The third-order valence-electron chi connectivity index (χ3n) is 3.87. The molecule has 20 heavy (non-hydrogen) atoms. The van der Waals surface area contributed by atoms with Crippen LogP contribution in [0.1, 0.15) is 34.1 Å². The van der Waals surface area contributed by atoms with E-state index in [9.17, 15) is 10.2 Å². The Balaban J connectivity index is 4.56. The van der Waals surface area contributed by atoms with Crippen LogP contribution in [-0.2, 0) is 4.43 Å². The number of rotatable bonds is 8. The molecule has 116 valence electrons. The van der Waals surface area contributed by atoms with Gasteiger partial charge in [0.2, 0.25) is 0 Å². The standard InChI is InChI=1S/C13H29BN2O3Si/c1-10(17)12(18)11(15-16-14-5)8-9-19-20(6,7)13(2,3)4/h10-12,17-18H,5,8-9H2,1-4,6-7H3/t10-,11+,12-/m1/s1. The van der Waals surface area contributed by atoms with Crippen LogP contribution in [0.5, 0.6) is 0 Å². The van der Waals surface area contributed by atoms with Crippen LogP contribution in [0.3, 0.4) is 0 Å². The molecular formula is C13H29BN2O3Si. The molecule has 0 aliphatic rings. The van der Waals surface area contributed by atoms with Gasteiger partial charge < -0.3 is 0 Å². The molecule has 0 spiro atoms. The Bertz CT molecular complexity index is 330. The fourth-order valence-corrected chi connectivity index (χ4v) is 2.46. The van der Waals surface area contributed by atoms with Crippen LogP contribution in [0.4, 0.5) is 0 Å². The Morgan fingerprint density at radius 3 is 2.25 bits per heavy atom. The van der Waals surface area contributed by atoms with Gasteiger partial charge in [0.1, 0.15) is 0 Å². The topological polar surface area (TPSA) is 74.4 Å². The predicted octanol–water partition coefficient (Wildman–Crippen LogP) is 2.01. The molecule has 7 heteroatoms. The average molecular weight is 300 g/mol. The van der Waals surface area contributed by atoms with Crippen molar-refractivity contribution in [3.63, 3.8) is 0 Å². The Kier molecular flexibility index (Phi) is 8.02. The SMILES string of the molecule is C=BN=N[C@@H](CCO[Si](C)(C)C(C)(C)C)[C@H](O)[C@@H](C)O. The van der Waals surface area contributed by atoms with Gasteiger partial charge in [-0.15, -0.1) is 0 Å². The Morgan fingerprint density at radius 2 is 1.85 bits per heavy atom. The molecule has 0 saturated carbocycles. The van der Waals surface area contributed by atoms with Crippen molar-refractivity contribution in [2.75, 3.05) is 6.61 Å². The third kappa shape index (κ3) is 6.39. The number of aliphatic hydroxyl groups is 2. The van der Waals surface area contributed by atoms with Crippen molar-refractivity contribution < 1.29 is 14.6 Å². The fraction of sp³-hybridized carbons (Fsp3) is 0.923. The zero-order chi connectivity index (χ0) is 16.0. The quantitative estimate of drug-likeness (QED) is 0.532. The van der Waals surface area contributed by atoms with E-state index in [1.165, 1.54) is 14.0 Å². The van der Waals surface area contributed by atoms with Crippen LogP contribution < -0.4 is 0 Å². The van der Waals surface area contributed by atoms with Crippen molar-refractivity contribution in [3.05, 3.63) is 0 Å². The summed E-state index contributed by atoms with van der Waals surface area (Å²) in [7, 11) is -0.486. The van der Waals surface area contributed by atoms with E-state index in [0.717, 1.165) is 0 Å². The molecular weight excluding hydrogens is 271 g/mol. The number of hydrogen-bond donors (Lipinski definition) is 2. The zero-order valence-electron chi connectivity index (χ0n) is 13.6. The molecule has 2 N–H and O–H groups in total. The summed E-state index contributed by atoms with van der Waals surface area (Å²) < 4.78 is 6.05. The molecule has 0 aliphatic heterocycles. The molecule has 3 atom stereocenters. The zero-order valence-corrected chi connectivity index (χ0v) is 14.6. The minimum atomic E-state index is -1.80. The number of aliphatic hydroxyl groups excluding tert-OH is 2. The predicted molar refractivity (Wildman–Crippen MR) is 87.0 cm³/mol. The molecule has 0 heterocycles. The first-order valence-electron chi connectivity index (χ1n) is 7.04. The van der Waals surface area contributed by atoms with Crippen LogP contribution in [-0.4, -0.2) is 56.9 Å². The molecule has 0 aromatic rings. The molecule has 0 radical (unpaired) electrons. The van der Waals surface area contributed by atoms with Crippen LogP contribution in [0.15, 0.2) is 10.1 Å². The second-order valence-corrected chi connectivity index (χ2v) is 11.4.